The maximum absolute atomic E-state index is 12.5. The lowest BCUT2D eigenvalue weighted by Crippen LogP contribution is -2.30. The molecule has 0 amide bonds. The third-order valence-corrected chi connectivity index (χ3v) is 4.36. The molecule has 0 unspecified atom stereocenters. The lowest BCUT2D eigenvalue weighted by atomic mass is 9.75. The molecule has 116 valence electrons. The highest BCUT2D eigenvalue weighted by molar-refractivity contribution is 5.99. The summed E-state index contributed by atoms with van der Waals surface area (Å²) in [5.74, 6) is 1.35. The van der Waals surface area contributed by atoms with Crippen molar-refractivity contribution in [3.63, 3.8) is 0 Å². The van der Waals surface area contributed by atoms with Crippen LogP contribution in [-0.4, -0.2) is 25.4 Å². The van der Waals surface area contributed by atoms with Crippen LogP contribution in [0.2, 0.25) is 0 Å². The molecular formula is C18H18N4O. The summed E-state index contributed by atoms with van der Waals surface area (Å²) in [6.07, 6.45) is 1.35. The number of hydrogen-bond donors (Lipinski definition) is 0. The number of hydrogen-bond acceptors (Lipinski definition) is 4. The fraction of sp³-hybridized carbons (Fsp3) is 0.333. The maximum atomic E-state index is 12.5. The van der Waals surface area contributed by atoms with Crippen LogP contribution in [0.3, 0.4) is 0 Å². The van der Waals surface area contributed by atoms with Crippen LogP contribution in [-0.2, 0) is 6.42 Å². The van der Waals surface area contributed by atoms with Crippen LogP contribution in [0, 0.1) is 12.3 Å². The molecule has 0 bridgehead atoms. The summed E-state index contributed by atoms with van der Waals surface area (Å²) in [6, 6.07) is 9.83. The van der Waals surface area contributed by atoms with Crippen molar-refractivity contribution in [2.45, 2.75) is 33.6 Å². The van der Waals surface area contributed by atoms with E-state index in [4.69, 9.17) is 0 Å². The molecule has 0 aliphatic heterocycles. The van der Waals surface area contributed by atoms with Crippen molar-refractivity contribution >= 4 is 11.6 Å². The Labute approximate surface area is 134 Å². The monoisotopic (exact) mass is 306 g/mol. The number of carbonyl (C=O) groups is 1. The molecule has 2 aromatic heterocycles. The Kier molecular flexibility index (Phi) is 2.88. The number of fused-ring (bicyclic) bond motifs is 3. The highest BCUT2D eigenvalue weighted by Crippen LogP contribution is 2.35. The molecule has 0 atom stereocenters. The first-order chi connectivity index (χ1) is 10.9. The lowest BCUT2D eigenvalue weighted by Gasteiger charge is -2.30. The van der Waals surface area contributed by atoms with Gasteiger partial charge in [0, 0.05) is 12.0 Å². The molecule has 1 aliphatic carbocycles. The quantitative estimate of drug-likeness (QED) is 0.692. The Morgan fingerprint density at radius 1 is 1.09 bits per heavy atom. The number of carbonyl (C=O) groups excluding carboxylic acids is 1. The van der Waals surface area contributed by atoms with Crippen LogP contribution >= 0.6 is 0 Å². The van der Waals surface area contributed by atoms with Crippen LogP contribution in [0.4, 0.5) is 0 Å². The molecule has 0 fully saturated rings. The Morgan fingerprint density at radius 2 is 1.83 bits per heavy atom. The molecule has 0 spiro atoms. The van der Waals surface area contributed by atoms with Gasteiger partial charge in [0.25, 0.3) is 5.78 Å². The van der Waals surface area contributed by atoms with Gasteiger partial charge in [-0.25, -0.2) is 4.98 Å². The molecule has 2 heterocycles. The molecule has 5 nitrogen and oxygen atoms in total. The Morgan fingerprint density at radius 3 is 2.57 bits per heavy atom. The molecule has 1 aliphatic rings. The van der Waals surface area contributed by atoms with E-state index >= 15 is 0 Å². The van der Waals surface area contributed by atoms with Gasteiger partial charge in [-0.3, -0.25) is 4.79 Å². The van der Waals surface area contributed by atoms with Crippen molar-refractivity contribution in [2.24, 2.45) is 5.41 Å². The van der Waals surface area contributed by atoms with Gasteiger partial charge in [0.15, 0.2) is 11.6 Å². The molecule has 0 radical (unpaired) electrons. The summed E-state index contributed by atoms with van der Waals surface area (Å²) in [4.78, 5) is 21.6. The van der Waals surface area contributed by atoms with Crippen molar-refractivity contribution in [3.05, 3.63) is 47.3 Å². The van der Waals surface area contributed by atoms with Gasteiger partial charge in [0.05, 0.1) is 17.0 Å². The molecule has 0 saturated carbocycles. The average molecular weight is 306 g/mol. The second-order valence-corrected chi connectivity index (χ2v) is 6.97. The fourth-order valence-electron chi connectivity index (χ4n) is 3.35. The van der Waals surface area contributed by atoms with Crippen LogP contribution < -0.4 is 0 Å². The first kappa shape index (κ1) is 14.1. The van der Waals surface area contributed by atoms with E-state index in [9.17, 15) is 4.79 Å². The molecule has 1 aromatic carbocycles. The summed E-state index contributed by atoms with van der Waals surface area (Å²) in [6.45, 7) is 6.11. The highest BCUT2D eigenvalue weighted by Gasteiger charge is 2.35. The van der Waals surface area contributed by atoms with Crippen LogP contribution in [0.1, 0.15) is 42.0 Å². The minimum absolute atomic E-state index is 0.0658. The predicted octanol–water partition coefficient (Wildman–Crippen LogP) is 3.25. The van der Waals surface area contributed by atoms with Crippen molar-refractivity contribution in [1.29, 1.82) is 0 Å². The first-order valence-electron chi connectivity index (χ1n) is 7.79. The predicted molar refractivity (Wildman–Crippen MR) is 87.4 cm³/mol. The zero-order valence-electron chi connectivity index (χ0n) is 13.5. The summed E-state index contributed by atoms with van der Waals surface area (Å²) < 4.78 is 1.75. The van der Waals surface area contributed by atoms with E-state index in [0.29, 0.717) is 18.0 Å². The third-order valence-electron chi connectivity index (χ3n) is 4.36. The van der Waals surface area contributed by atoms with Crippen LogP contribution in [0.15, 0.2) is 30.3 Å². The van der Waals surface area contributed by atoms with Gasteiger partial charge < -0.3 is 0 Å². The van der Waals surface area contributed by atoms with Crippen LogP contribution in [0.25, 0.3) is 17.2 Å². The fourth-order valence-corrected chi connectivity index (χ4v) is 3.35. The number of Topliss-reactive ketones (excluding diaryl/α,β-unsaturated/α-hetero) is 1. The Hall–Kier alpha value is -2.56. The van der Waals surface area contributed by atoms with E-state index in [1.165, 1.54) is 0 Å². The summed E-state index contributed by atoms with van der Waals surface area (Å²) in [5.41, 5.74) is 3.29. The van der Waals surface area contributed by atoms with Gasteiger partial charge in [-0.15, -0.1) is 5.10 Å². The molecule has 0 saturated heterocycles. The van der Waals surface area contributed by atoms with Gasteiger partial charge >= 0.3 is 0 Å². The SMILES string of the molecule is Cc1nc2nc(-c3ccccc3)nn2c2c1C(=O)CC(C)(C)C2. The van der Waals surface area contributed by atoms with Crippen LogP contribution in [0.5, 0.6) is 0 Å². The molecule has 23 heavy (non-hydrogen) atoms. The molecule has 3 aromatic rings. The standard InChI is InChI=1S/C18H18N4O/c1-11-15-13(9-18(2,3)10-14(15)23)22-17(19-11)20-16(21-22)12-7-5-4-6-8-12/h4-8H,9-10H2,1-3H3. The number of aryl methyl sites for hydroxylation is 1. The minimum Gasteiger partial charge on any atom is -0.294 e. The van der Waals surface area contributed by atoms with E-state index in [-0.39, 0.29) is 11.2 Å². The smallest absolute Gasteiger partial charge is 0.253 e. The largest absolute Gasteiger partial charge is 0.294 e. The maximum Gasteiger partial charge on any atom is 0.253 e. The van der Waals surface area contributed by atoms with Gasteiger partial charge in [-0.05, 0) is 18.8 Å². The lowest BCUT2D eigenvalue weighted by molar-refractivity contribution is 0.0907. The van der Waals surface area contributed by atoms with E-state index < -0.39 is 0 Å². The number of aromatic nitrogens is 4. The molecule has 0 N–H and O–H groups in total. The van der Waals surface area contributed by atoms with Crippen molar-refractivity contribution in [3.8, 4) is 11.4 Å². The van der Waals surface area contributed by atoms with E-state index in [1.54, 1.807) is 4.52 Å². The van der Waals surface area contributed by atoms with Crippen molar-refractivity contribution in [2.75, 3.05) is 0 Å². The topological polar surface area (TPSA) is 60.1 Å². The highest BCUT2D eigenvalue weighted by atomic mass is 16.1. The Balaban J connectivity index is 1.98. The zero-order valence-corrected chi connectivity index (χ0v) is 13.5. The third kappa shape index (κ3) is 2.23. The number of ketones is 1. The second kappa shape index (κ2) is 4.72. The van der Waals surface area contributed by atoms with E-state index in [2.05, 4.69) is 28.9 Å². The van der Waals surface area contributed by atoms with Gasteiger partial charge in [-0.2, -0.15) is 9.50 Å². The minimum atomic E-state index is -0.0658. The number of rotatable bonds is 1. The first-order valence-corrected chi connectivity index (χ1v) is 7.79. The summed E-state index contributed by atoms with van der Waals surface area (Å²) >= 11 is 0. The van der Waals surface area contributed by atoms with Gasteiger partial charge in [-0.1, -0.05) is 44.2 Å². The van der Waals surface area contributed by atoms with Gasteiger partial charge in [0.2, 0.25) is 0 Å². The van der Waals surface area contributed by atoms with E-state index in [0.717, 1.165) is 28.9 Å². The number of benzene rings is 1. The average Bonchev–Trinajstić information content (AvgIpc) is 2.90. The summed E-state index contributed by atoms with van der Waals surface area (Å²) in [7, 11) is 0. The second-order valence-electron chi connectivity index (χ2n) is 6.97. The molecule has 5 heteroatoms. The molecule has 4 rings (SSSR count). The summed E-state index contributed by atoms with van der Waals surface area (Å²) in [5, 5.41) is 4.63. The van der Waals surface area contributed by atoms with Crippen molar-refractivity contribution < 1.29 is 4.79 Å². The normalized spacial score (nSPS) is 16.6. The van der Waals surface area contributed by atoms with Gasteiger partial charge in [0.1, 0.15) is 0 Å². The number of nitrogens with zero attached hydrogens (tertiary/aromatic N) is 4. The Bertz CT molecular complexity index is 925. The zero-order chi connectivity index (χ0) is 16.2. The molecular weight excluding hydrogens is 288 g/mol. The van der Waals surface area contributed by atoms with E-state index in [1.807, 2.05) is 37.3 Å². The van der Waals surface area contributed by atoms with Crippen molar-refractivity contribution in [1.82, 2.24) is 19.6 Å².